The zero-order valence-corrected chi connectivity index (χ0v) is 16.7. The lowest BCUT2D eigenvalue weighted by molar-refractivity contribution is -0.119. The normalized spacial score (nSPS) is 11.6. The van der Waals surface area contributed by atoms with Crippen LogP contribution in [-0.4, -0.2) is 51.6 Å². The van der Waals surface area contributed by atoms with Gasteiger partial charge in [0.05, 0.1) is 17.7 Å². The Hall–Kier alpha value is -2.04. The summed E-state index contributed by atoms with van der Waals surface area (Å²) >= 11 is 1.59. The fourth-order valence-electron chi connectivity index (χ4n) is 2.13. The molecule has 10 heteroatoms. The third-order valence-electron chi connectivity index (χ3n) is 3.53. The van der Waals surface area contributed by atoms with Gasteiger partial charge in [0.1, 0.15) is 18.1 Å². The number of nitrogens with zero attached hydrogens (tertiary/aromatic N) is 2. The van der Waals surface area contributed by atoms with Gasteiger partial charge < -0.3 is 9.73 Å². The third-order valence-corrected chi connectivity index (χ3v) is 6.34. The summed E-state index contributed by atoms with van der Waals surface area (Å²) < 4.78 is 45.4. The second-order valence-corrected chi connectivity index (χ2v) is 8.93. The number of rotatable bonds is 10. The van der Waals surface area contributed by atoms with Gasteiger partial charge in [0, 0.05) is 26.4 Å². The topological polar surface area (TPSA) is 82.9 Å². The molecule has 1 amide bonds. The van der Waals surface area contributed by atoms with E-state index in [1.165, 1.54) is 26.2 Å². The zero-order chi connectivity index (χ0) is 19.9. The molecule has 0 saturated carbocycles. The van der Waals surface area contributed by atoms with E-state index in [-0.39, 0.29) is 5.69 Å². The minimum Gasteiger partial charge on any atom is -0.468 e. The molecule has 0 unspecified atom stereocenters. The Labute approximate surface area is 162 Å². The molecule has 0 saturated heterocycles. The van der Waals surface area contributed by atoms with Gasteiger partial charge in [0.25, 0.3) is 0 Å². The lowest BCUT2D eigenvalue weighted by Gasteiger charge is -2.26. The molecular weight excluding hydrogens is 393 g/mol. The second-order valence-electron chi connectivity index (χ2n) is 5.76. The Morgan fingerprint density at radius 2 is 1.93 bits per heavy atom. The summed E-state index contributed by atoms with van der Waals surface area (Å²) in [5.41, 5.74) is 0.215. The van der Waals surface area contributed by atoms with Crippen LogP contribution in [0, 0.1) is 5.82 Å². The first-order valence-corrected chi connectivity index (χ1v) is 10.7. The van der Waals surface area contributed by atoms with Gasteiger partial charge in [0.2, 0.25) is 5.91 Å². The molecule has 27 heavy (non-hydrogen) atoms. The number of nitrogens with one attached hydrogen (secondary N) is 1. The van der Waals surface area contributed by atoms with Crippen molar-refractivity contribution in [2.45, 2.75) is 5.75 Å². The van der Waals surface area contributed by atoms with Crippen molar-refractivity contribution in [1.82, 2.24) is 9.62 Å². The van der Waals surface area contributed by atoms with E-state index in [1.54, 1.807) is 18.0 Å². The first-order chi connectivity index (χ1) is 12.8. The van der Waals surface area contributed by atoms with Crippen molar-refractivity contribution in [3.8, 4) is 0 Å². The molecule has 0 radical (unpaired) electrons. The average Bonchev–Trinajstić information content (AvgIpc) is 3.13. The third kappa shape index (κ3) is 6.26. The predicted molar refractivity (Wildman–Crippen MR) is 104 cm³/mol. The summed E-state index contributed by atoms with van der Waals surface area (Å²) in [5, 5.41) is 2.70. The number of benzene rings is 1. The Balaban J connectivity index is 1.92. The maximum absolute atomic E-state index is 13.1. The molecule has 1 N–H and O–H groups in total. The van der Waals surface area contributed by atoms with Crippen molar-refractivity contribution in [1.29, 1.82) is 0 Å². The van der Waals surface area contributed by atoms with Gasteiger partial charge in [-0.2, -0.15) is 24.5 Å². The van der Waals surface area contributed by atoms with Crippen molar-refractivity contribution in [2.24, 2.45) is 0 Å². The lowest BCUT2D eigenvalue weighted by Crippen LogP contribution is -2.46. The van der Waals surface area contributed by atoms with Crippen molar-refractivity contribution in [3.05, 3.63) is 54.2 Å². The molecule has 0 aliphatic heterocycles. The van der Waals surface area contributed by atoms with E-state index in [9.17, 15) is 17.6 Å². The smallest absolute Gasteiger partial charge is 0.304 e. The first kappa shape index (κ1) is 21.3. The molecule has 0 atom stereocenters. The molecule has 1 aromatic carbocycles. The van der Waals surface area contributed by atoms with E-state index in [0.717, 1.165) is 26.5 Å². The molecule has 0 aliphatic carbocycles. The number of anilines is 1. The number of hydrogen-bond donors (Lipinski definition) is 1. The van der Waals surface area contributed by atoms with Crippen LogP contribution in [0.4, 0.5) is 10.1 Å². The van der Waals surface area contributed by atoms with Gasteiger partial charge in [-0.15, -0.1) is 0 Å². The van der Waals surface area contributed by atoms with E-state index in [2.05, 4.69) is 5.32 Å². The highest BCUT2D eigenvalue weighted by Crippen LogP contribution is 2.19. The minimum absolute atomic E-state index is 0.215. The van der Waals surface area contributed by atoms with Crippen LogP contribution in [0.2, 0.25) is 0 Å². The summed E-state index contributed by atoms with van der Waals surface area (Å²) in [6.45, 7) is -0.00151. The summed E-state index contributed by atoms with van der Waals surface area (Å²) in [4.78, 5) is 12.2. The first-order valence-electron chi connectivity index (χ1n) is 8.13. The molecule has 7 nitrogen and oxygen atoms in total. The number of thioether (sulfide) groups is 1. The van der Waals surface area contributed by atoms with Gasteiger partial charge in [0.15, 0.2) is 0 Å². The van der Waals surface area contributed by atoms with E-state index in [4.69, 9.17) is 4.42 Å². The van der Waals surface area contributed by atoms with Gasteiger partial charge in [-0.1, -0.05) is 0 Å². The van der Waals surface area contributed by atoms with Crippen molar-refractivity contribution in [2.75, 3.05) is 37.2 Å². The highest BCUT2D eigenvalue weighted by atomic mass is 32.2. The van der Waals surface area contributed by atoms with Gasteiger partial charge >= 0.3 is 10.2 Å². The van der Waals surface area contributed by atoms with E-state index in [0.29, 0.717) is 18.1 Å². The molecule has 0 fully saturated rings. The number of halogens is 1. The molecule has 2 rings (SSSR count). The van der Waals surface area contributed by atoms with Gasteiger partial charge in [-0.3, -0.25) is 4.79 Å². The number of furan rings is 1. The molecule has 0 aliphatic rings. The molecule has 0 spiro atoms. The van der Waals surface area contributed by atoms with Crippen molar-refractivity contribution < 1.29 is 22.0 Å². The summed E-state index contributed by atoms with van der Waals surface area (Å²) in [7, 11) is -1.16. The second kappa shape index (κ2) is 9.77. The molecule has 2 aromatic rings. The zero-order valence-electron chi connectivity index (χ0n) is 15.1. The molecule has 148 valence electrons. The Morgan fingerprint density at radius 3 is 2.52 bits per heavy atom. The quantitative estimate of drug-likeness (QED) is 0.601. The lowest BCUT2D eigenvalue weighted by atomic mass is 10.3. The van der Waals surface area contributed by atoms with Crippen LogP contribution in [0.1, 0.15) is 5.76 Å². The highest BCUT2D eigenvalue weighted by molar-refractivity contribution is 7.98. The van der Waals surface area contributed by atoms with Crippen LogP contribution in [0.15, 0.2) is 47.1 Å². The van der Waals surface area contributed by atoms with Crippen LogP contribution in [0.25, 0.3) is 0 Å². The van der Waals surface area contributed by atoms with E-state index < -0.39 is 28.5 Å². The van der Waals surface area contributed by atoms with Crippen LogP contribution in [-0.2, 0) is 20.8 Å². The Morgan fingerprint density at radius 1 is 1.22 bits per heavy atom. The molecule has 0 bridgehead atoms. The predicted octanol–water partition coefficient (Wildman–Crippen LogP) is 2.08. The summed E-state index contributed by atoms with van der Waals surface area (Å²) in [5.74, 6) is 1.27. The summed E-state index contributed by atoms with van der Waals surface area (Å²) in [6.07, 6.45) is 1.60. The number of carbonyl (C=O) groups is 1. The molecule has 1 aromatic heterocycles. The van der Waals surface area contributed by atoms with Crippen molar-refractivity contribution >= 4 is 33.6 Å². The maximum Gasteiger partial charge on any atom is 0.304 e. The monoisotopic (exact) mass is 415 g/mol. The molecular formula is C17H22FN3O4S2. The van der Waals surface area contributed by atoms with Gasteiger partial charge in [-0.25, -0.2) is 8.70 Å². The Bertz CT molecular complexity index is 824. The van der Waals surface area contributed by atoms with Crippen LogP contribution in [0.3, 0.4) is 0 Å². The molecule has 1 heterocycles. The minimum atomic E-state index is -3.90. The van der Waals surface area contributed by atoms with Gasteiger partial charge in [-0.05, 0) is 36.4 Å². The summed E-state index contributed by atoms with van der Waals surface area (Å²) in [6, 6.07) is 8.63. The average molecular weight is 416 g/mol. The fraction of sp³-hybridized carbons (Fsp3) is 0.353. The van der Waals surface area contributed by atoms with Crippen LogP contribution in [0.5, 0.6) is 0 Å². The SMILES string of the molecule is CN(C)S(=O)(=O)N(CC(=O)NCCSCc1ccco1)c1ccc(F)cc1. The largest absolute Gasteiger partial charge is 0.468 e. The number of hydrogen-bond acceptors (Lipinski definition) is 5. The van der Waals surface area contributed by atoms with Crippen LogP contribution >= 0.6 is 11.8 Å². The maximum atomic E-state index is 13.1. The highest BCUT2D eigenvalue weighted by Gasteiger charge is 2.27. The number of carbonyl (C=O) groups excluding carboxylic acids is 1. The fourth-order valence-corrected chi connectivity index (χ4v) is 3.95. The standard InChI is InChI=1S/C17H22FN3O4S2/c1-20(2)27(23,24)21(15-7-5-14(18)6-8-15)12-17(22)19-9-11-26-13-16-4-3-10-25-16/h3-8,10H,9,11-13H2,1-2H3,(H,19,22). The van der Waals surface area contributed by atoms with E-state index in [1.807, 2.05) is 12.1 Å². The van der Waals surface area contributed by atoms with Crippen LogP contribution < -0.4 is 9.62 Å². The Kier molecular flexibility index (Phi) is 7.69. The van der Waals surface area contributed by atoms with Crippen molar-refractivity contribution in [3.63, 3.8) is 0 Å². The number of amides is 1. The van der Waals surface area contributed by atoms with E-state index >= 15 is 0 Å².